The van der Waals surface area contributed by atoms with Crippen molar-refractivity contribution < 1.29 is 4.39 Å². The molecule has 2 N–H and O–H groups in total. The molecule has 0 spiro atoms. The van der Waals surface area contributed by atoms with Gasteiger partial charge >= 0.3 is 0 Å². The molecular weight excluding hydrogens is 441 g/mol. The molecule has 1 unspecified atom stereocenters. The van der Waals surface area contributed by atoms with E-state index in [-0.39, 0.29) is 29.1 Å². The Kier molecular flexibility index (Phi) is 6.28. The highest BCUT2D eigenvalue weighted by atomic mass is 35.5. The molecule has 3 aromatic heterocycles. The Morgan fingerprint density at radius 1 is 1.24 bits per heavy atom. The lowest BCUT2D eigenvalue weighted by Gasteiger charge is -2.42. The van der Waals surface area contributed by atoms with Gasteiger partial charge in [0.15, 0.2) is 11.5 Å². The average molecular weight is 466 g/mol. The molecule has 0 amide bonds. The van der Waals surface area contributed by atoms with Crippen LogP contribution in [0.4, 0.5) is 4.39 Å². The minimum atomic E-state index is -0.389. The number of rotatable bonds is 6. The van der Waals surface area contributed by atoms with Crippen LogP contribution >= 0.6 is 11.6 Å². The van der Waals surface area contributed by atoms with Crippen LogP contribution < -0.4 is 5.32 Å². The van der Waals surface area contributed by atoms with Gasteiger partial charge in [-0.15, -0.1) is 0 Å². The Labute approximate surface area is 196 Å². The van der Waals surface area contributed by atoms with Crippen molar-refractivity contribution in [3.8, 4) is 0 Å². The molecule has 9 heteroatoms. The van der Waals surface area contributed by atoms with Crippen molar-refractivity contribution in [3.63, 3.8) is 0 Å². The van der Waals surface area contributed by atoms with Crippen molar-refractivity contribution in [2.75, 3.05) is 6.54 Å². The topological polar surface area (TPSA) is 91.2 Å². The fraction of sp³-hybridized carbons (Fsp3) is 0.375. The van der Waals surface area contributed by atoms with Crippen molar-refractivity contribution in [1.82, 2.24) is 25.3 Å². The smallest absolute Gasteiger partial charge is 0.163 e. The molecule has 0 saturated heterocycles. The zero-order valence-electron chi connectivity index (χ0n) is 18.1. The first-order valence-electron chi connectivity index (χ1n) is 11.2. The molecule has 3 aromatic rings. The summed E-state index contributed by atoms with van der Waals surface area (Å²) in [7, 11) is 0. The maximum Gasteiger partial charge on any atom is 0.163 e. The number of fused-ring (bicyclic) bond motifs is 4. The Hall–Kier alpha value is -2.97. The number of nitrogens with one attached hydrogen (secondary N) is 2. The molecule has 3 fully saturated rings. The molecule has 33 heavy (non-hydrogen) atoms. The molecule has 3 saturated carbocycles. The predicted octanol–water partition coefficient (Wildman–Crippen LogP) is 4.96. The minimum Gasteiger partial charge on any atom is -0.344 e. The summed E-state index contributed by atoms with van der Waals surface area (Å²) in [5.41, 5.74) is 2.10. The Bertz CT molecular complexity index is 1210. The van der Waals surface area contributed by atoms with Crippen LogP contribution in [0, 0.1) is 11.8 Å². The van der Waals surface area contributed by atoms with Crippen molar-refractivity contribution >= 4 is 41.0 Å². The lowest BCUT2D eigenvalue weighted by Crippen LogP contribution is -2.45. The number of aromatic nitrogens is 4. The second kappa shape index (κ2) is 9.49. The summed E-state index contributed by atoms with van der Waals surface area (Å²) in [6.45, 7) is 3.73. The molecule has 2 bridgehead atoms. The van der Waals surface area contributed by atoms with E-state index >= 15 is 4.39 Å². The first-order chi connectivity index (χ1) is 16.1. The van der Waals surface area contributed by atoms with Crippen LogP contribution in [0.15, 0.2) is 52.6 Å². The van der Waals surface area contributed by atoms with Gasteiger partial charge in [0.1, 0.15) is 22.2 Å². The van der Waals surface area contributed by atoms with Crippen molar-refractivity contribution in [3.05, 3.63) is 59.0 Å². The summed E-state index contributed by atoms with van der Waals surface area (Å²) in [4.78, 5) is 24.5. The number of nitrogens with zero attached hydrogens (tertiary/aromatic N) is 5. The normalized spacial score (nSPS) is 23.6. The van der Waals surface area contributed by atoms with E-state index < -0.39 is 0 Å². The maximum absolute atomic E-state index is 15.6. The Balaban J connectivity index is 1.49. The van der Waals surface area contributed by atoms with E-state index in [0.717, 1.165) is 12.3 Å². The third kappa shape index (κ3) is 4.58. The second-order valence-electron chi connectivity index (χ2n) is 8.66. The fourth-order valence-corrected chi connectivity index (χ4v) is 5.15. The largest absolute Gasteiger partial charge is 0.344 e. The van der Waals surface area contributed by atoms with Gasteiger partial charge in [-0.3, -0.25) is 4.98 Å². The summed E-state index contributed by atoms with van der Waals surface area (Å²) >= 11 is 6.03. The van der Waals surface area contributed by atoms with Crippen molar-refractivity contribution in [2.45, 2.75) is 38.1 Å². The molecule has 3 heterocycles. The van der Waals surface area contributed by atoms with Crippen LogP contribution in [0.1, 0.15) is 43.4 Å². The second-order valence-corrected chi connectivity index (χ2v) is 9.05. The lowest BCUT2D eigenvalue weighted by atomic mass is 9.68. The summed E-state index contributed by atoms with van der Waals surface area (Å²) in [5.74, 6) is 1.22. The van der Waals surface area contributed by atoms with Crippen molar-refractivity contribution in [1.29, 1.82) is 0 Å². The first kappa shape index (κ1) is 21.9. The highest BCUT2D eigenvalue weighted by molar-refractivity contribution is 6.29. The van der Waals surface area contributed by atoms with E-state index in [9.17, 15) is 0 Å². The quantitative estimate of drug-likeness (QED) is 0.397. The molecule has 0 aliphatic heterocycles. The number of aromatic amines is 1. The number of hydrogen-bond donors (Lipinski definition) is 2. The number of hydrogen-bond acceptors (Lipinski definition) is 5. The molecule has 1 atom stereocenters. The summed E-state index contributed by atoms with van der Waals surface area (Å²) in [6, 6.07) is 5.66. The molecule has 0 aromatic carbocycles. The van der Waals surface area contributed by atoms with Crippen LogP contribution in [-0.2, 0) is 0 Å². The zero-order chi connectivity index (χ0) is 22.8. The van der Waals surface area contributed by atoms with E-state index in [2.05, 4.69) is 42.0 Å². The predicted molar refractivity (Wildman–Crippen MR) is 129 cm³/mol. The van der Waals surface area contributed by atoms with E-state index in [4.69, 9.17) is 11.6 Å². The van der Waals surface area contributed by atoms with Gasteiger partial charge in [0.25, 0.3) is 0 Å². The van der Waals surface area contributed by atoms with Gasteiger partial charge in [-0.05, 0) is 49.9 Å². The van der Waals surface area contributed by atoms with Crippen LogP contribution in [0.3, 0.4) is 0 Å². The number of aliphatic imine (C=N–C) groups is 2. The average Bonchev–Trinajstić information content (AvgIpc) is 3.27. The first-order valence-corrected chi connectivity index (χ1v) is 11.6. The molecular formula is C24H25ClFN7. The van der Waals surface area contributed by atoms with Gasteiger partial charge in [0, 0.05) is 18.4 Å². The van der Waals surface area contributed by atoms with Crippen LogP contribution in [0.25, 0.3) is 16.9 Å². The SMILES string of the molecule is C=N/C(=N\C(=C(\F)CNC1CC2CCC1CC2)c1ccccn1)c1c[nH]c2ncc(Cl)nc12. The highest BCUT2D eigenvalue weighted by Crippen LogP contribution is 2.41. The zero-order valence-corrected chi connectivity index (χ0v) is 18.9. The lowest BCUT2D eigenvalue weighted by molar-refractivity contribution is 0.125. The standard InChI is InChI=1S/C24H25ClFN7/c1-27-23(16-11-30-24-21(16)32-20(25)13-31-24)33-22(18-4-2-3-9-28-18)17(26)12-29-19-10-14-5-7-15(19)8-6-14/h2-4,9,11,13-15,19,29H,1,5-8,10,12H2,(H,30,31)/b22-17+,33-23-. The van der Waals surface area contributed by atoms with Crippen LogP contribution in [0.2, 0.25) is 5.15 Å². The van der Waals surface area contributed by atoms with Gasteiger partial charge in [0.2, 0.25) is 0 Å². The van der Waals surface area contributed by atoms with Gasteiger partial charge in [-0.25, -0.2) is 24.3 Å². The third-order valence-electron chi connectivity index (χ3n) is 6.69. The van der Waals surface area contributed by atoms with Gasteiger partial charge in [0.05, 0.1) is 24.0 Å². The number of pyridine rings is 1. The molecule has 0 radical (unpaired) electrons. The van der Waals surface area contributed by atoms with Crippen molar-refractivity contribution in [2.24, 2.45) is 21.8 Å². The van der Waals surface area contributed by atoms with Gasteiger partial charge < -0.3 is 10.3 Å². The molecule has 6 rings (SSSR count). The molecule has 3 aliphatic rings. The number of halogens is 2. The summed E-state index contributed by atoms with van der Waals surface area (Å²) in [5, 5.41) is 3.68. The number of H-pyrrole nitrogens is 1. The van der Waals surface area contributed by atoms with E-state index in [1.165, 1.54) is 31.9 Å². The molecule has 170 valence electrons. The van der Waals surface area contributed by atoms with Gasteiger partial charge in [-0.2, -0.15) is 0 Å². The van der Waals surface area contributed by atoms with Crippen LogP contribution in [-0.4, -0.2) is 45.1 Å². The van der Waals surface area contributed by atoms with E-state index in [0.29, 0.717) is 34.4 Å². The highest BCUT2D eigenvalue weighted by Gasteiger charge is 2.35. The summed E-state index contributed by atoms with van der Waals surface area (Å²) < 4.78 is 15.6. The molecule has 7 nitrogen and oxygen atoms in total. The van der Waals surface area contributed by atoms with Crippen LogP contribution in [0.5, 0.6) is 0 Å². The van der Waals surface area contributed by atoms with E-state index in [1.54, 1.807) is 30.6 Å². The number of amidine groups is 1. The maximum atomic E-state index is 15.6. The van der Waals surface area contributed by atoms with E-state index in [1.807, 2.05) is 0 Å². The Morgan fingerprint density at radius 2 is 2.09 bits per heavy atom. The summed E-state index contributed by atoms with van der Waals surface area (Å²) in [6.07, 6.45) is 10.9. The molecule has 3 aliphatic carbocycles. The van der Waals surface area contributed by atoms with Gasteiger partial charge in [-0.1, -0.05) is 30.5 Å². The fourth-order valence-electron chi connectivity index (χ4n) is 5.02. The Morgan fingerprint density at radius 3 is 2.79 bits per heavy atom. The minimum absolute atomic E-state index is 0.0905. The monoisotopic (exact) mass is 465 g/mol. The third-order valence-corrected chi connectivity index (χ3v) is 6.87.